The molecule has 1 amide bonds. The highest BCUT2D eigenvalue weighted by Crippen LogP contribution is 2.53. The highest BCUT2D eigenvalue weighted by molar-refractivity contribution is 5.69. The van der Waals surface area contributed by atoms with E-state index in [0.29, 0.717) is 6.61 Å². The smallest absolute Gasteiger partial charge is 0.412 e. The molecule has 1 N–H and O–H groups in total. The zero-order chi connectivity index (χ0) is 19.8. The van der Waals surface area contributed by atoms with Crippen molar-refractivity contribution in [1.29, 1.82) is 0 Å². The van der Waals surface area contributed by atoms with E-state index in [-0.39, 0.29) is 30.3 Å². The van der Waals surface area contributed by atoms with E-state index in [2.05, 4.69) is 4.90 Å². The summed E-state index contributed by atoms with van der Waals surface area (Å²) in [5.74, 6) is 0. The van der Waals surface area contributed by atoms with E-state index in [1.807, 2.05) is 44.2 Å². The summed E-state index contributed by atoms with van der Waals surface area (Å²) in [6.45, 7) is 7.26. The van der Waals surface area contributed by atoms with E-state index in [4.69, 9.17) is 9.47 Å². The van der Waals surface area contributed by atoms with Crippen molar-refractivity contribution in [3.05, 3.63) is 35.9 Å². The molecule has 1 spiro atoms. The van der Waals surface area contributed by atoms with Gasteiger partial charge >= 0.3 is 6.09 Å². The fraction of sp³-hybridized carbons (Fsp3) is 0.682. The zero-order valence-electron chi connectivity index (χ0n) is 17.0. The van der Waals surface area contributed by atoms with Crippen LogP contribution in [0.2, 0.25) is 0 Å². The van der Waals surface area contributed by atoms with Gasteiger partial charge in [-0.1, -0.05) is 30.3 Å². The summed E-state index contributed by atoms with van der Waals surface area (Å²) in [7, 11) is 0. The maximum Gasteiger partial charge on any atom is 0.412 e. The number of ether oxygens (including phenoxy) is 2. The van der Waals surface area contributed by atoms with Crippen LogP contribution in [0.3, 0.4) is 0 Å². The predicted molar refractivity (Wildman–Crippen MR) is 106 cm³/mol. The van der Waals surface area contributed by atoms with Gasteiger partial charge < -0.3 is 19.5 Å². The first kappa shape index (κ1) is 19.7. The average Bonchev–Trinajstić information content (AvgIpc) is 3.39. The third-order valence-electron chi connectivity index (χ3n) is 6.71. The second-order valence-corrected chi connectivity index (χ2v) is 9.04. The molecular formula is C22H32N2O4. The predicted octanol–water partition coefficient (Wildman–Crippen LogP) is 3.00. The molecule has 1 aromatic rings. The van der Waals surface area contributed by atoms with Crippen molar-refractivity contribution in [2.24, 2.45) is 5.41 Å². The minimum atomic E-state index is -0.669. The van der Waals surface area contributed by atoms with Gasteiger partial charge in [0.15, 0.2) is 0 Å². The molecule has 2 aliphatic heterocycles. The second kappa shape index (κ2) is 7.65. The third-order valence-corrected chi connectivity index (χ3v) is 6.71. The molecule has 3 aliphatic rings. The molecule has 3 fully saturated rings. The number of likely N-dealkylation sites (tertiary alicyclic amines) is 1. The van der Waals surface area contributed by atoms with Gasteiger partial charge in [0, 0.05) is 13.1 Å². The Hall–Kier alpha value is -1.63. The number of aliphatic hydroxyl groups is 1. The maximum atomic E-state index is 12.8. The maximum absolute atomic E-state index is 12.8. The van der Waals surface area contributed by atoms with Gasteiger partial charge in [0.05, 0.1) is 18.8 Å². The van der Waals surface area contributed by atoms with E-state index < -0.39 is 5.72 Å². The lowest BCUT2D eigenvalue weighted by molar-refractivity contribution is -0.0500. The molecule has 2 saturated heterocycles. The topological polar surface area (TPSA) is 62.2 Å². The van der Waals surface area contributed by atoms with Crippen molar-refractivity contribution in [3.63, 3.8) is 0 Å². The van der Waals surface area contributed by atoms with Gasteiger partial charge in [-0.15, -0.1) is 0 Å². The van der Waals surface area contributed by atoms with Gasteiger partial charge in [0.1, 0.15) is 12.3 Å². The summed E-state index contributed by atoms with van der Waals surface area (Å²) in [5.41, 5.74) is 0.529. The van der Waals surface area contributed by atoms with E-state index in [9.17, 15) is 9.90 Å². The second-order valence-electron chi connectivity index (χ2n) is 9.04. The number of hydrogen-bond donors (Lipinski definition) is 1. The average molecular weight is 389 g/mol. The van der Waals surface area contributed by atoms with Crippen LogP contribution in [-0.2, 0) is 16.1 Å². The number of carbonyl (C=O) groups excluding carboxylic acids is 1. The Bertz CT molecular complexity index is 689. The molecule has 2 atom stereocenters. The number of hydrogen-bond acceptors (Lipinski definition) is 5. The third kappa shape index (κ3) is 4.04. The van der Waals surface area contributed by atoms with Crippen molar-refractivity contribution in [2.75, 3.05) is 26.2 Å². The van der Waals surface area contributed by atoms with E-state index in [1.165, 1.54) is 12.8 Å². The fourth-order valence-electron chi connectivity index (χ4n) is 4.61. The molecule has 1 aromatic carbocycles. The lowest BCUT2D eigenvalue weighted by Crippen LogP contribution is -2.50. The van der Waals surface area contributed by atoms with Crippen molar-refractivity contribution in [3.8, 4) is 0 Å². The number of nitrogens with zero attached hydrogens (tertiary/aromatic N) is 2. The molecular weight excluding hydrogens is 356 g/mol. The Labute approximate surface area is 167 Å². The molecule has 154 valence electrons. The quantitative estimate of drug-likeness (QED) is 0.840. The van der Waals surface area contributed by atoms with E-state index >= 15 is 0 Å². The van der Waals surface area contributed by atoms with Gasteiger partial charge in [-0.2, -0.15) is 0 Å². The minimum Gasteiger partial charge on any atom is -0.444 e. The lowest BCUT2D eigenvalue weighted by Gasteiger charge is -2.37. The first-order chi connectivity index (χ1) is 13.4. The number of carbonyl (C=O) groups is 1. The van der Waals surface area contributed by atoms with Crippen LogP contribution in [0, 0.1) is 5.41 Å². The monoisotopic (exact) mass is 388 g/mol. The summed E-state index contributed by atoms with van der Waals surface area (Å²) in [6, 6.07) is 9.71. The van der Waals surface area contributed by atoms with E-state index in [0.717, 1.165) is 38.0 Å². The first-order valence-electron chi connectivity index (χ1n) is 10.4. The molecule has 1 saturated carbocycles. The standard InChI is InChI=1S/C22H32N2O4/c1-21(2)24(20(26)27-15-17-6-4-3-5-7-17)18(16-28-21)8-12-23-13-11-22(9-10-22)19(25)14-23/h3-7,18-19,25H,8-16H2,1-2H3. The van der Waals surface area contributed by atoms with Crippen LogP contribution in [0.25, 0.3) is 0 Å². The molecule has 6 heteroatoms. The molecule has 28 heavy (non-hydrogen) atoms. The molecule has 0 radical (unpaired) electrons. The van der Waals surface area contributed by atoms with Gasteiger partial charge in [-0.3, -0.25) is 4.90 Å². The Balaban J connectivity index is 1.31. The Kier molecular flexibility index (Phi) is 5.38. The number of amides is 1. The van der Waals surface area contributed by atoms with Gasteiger partial charge in [-0.05, 0) is 57.1 Å². The number of benzene rings is 1. The van der Waals surface area contributed by atoms with Crippen molar-refractivity contribution in [1.82, 2.24) is 9.80 Å². The van der Waals surface area contributed by atoms with Crippen LogP contribution in [0.15, 0.2) is 30.3 Å². The van der Waals surface area contributed by atoms with Crippen LogP contribution < -0.4 is 0 Å². The largest absolute Gasteiger partial charge is 0.444 e. The number of rotatable bonds is 5. The molecule has 2 unspecified atom stereocenters. The molecule has 4 rings (SSSR count). The number of aliphatic hydroxyl groups excluding tert-OH is 1. The summed E-state index contributed by atoms with van der Waals surface area (Å²) in [4.78, 5) is 16.9. The highest BCUT2D eigenvalue weighted by Gasteiger charge is 2.51. The Morgan fingerprint density at radius 1 is 1.25 bits per heavy atom. The minimum absolute atomic E-state index is 0.00720. The molecule has 2 heterocycles. The Morgan fingerprint density at radius 3 is 2.68 bits per heavy atom. The Morgan fingerprint density at radius 2 is 2.00 bits per heavy atom. The number of piperidine rings is 1. The summed E-state index contributed by atoms with van der Waals surface area (Å²) >= 11 is 0. The van der Waals surface area contributed by atoms with Gasteiger partial charge in [0.25, 0.3) is 0 Å². The van der Waals surface area contributed by atoms with Crippen LogP contribution >= 0.6 is 0 Å². The summed E-state index contributed by atoms with van der Waals surface area (Å²) in [5, 5.41) is 10.4. The molecule has 0 bridgehead atoms. The normalized spacial score (nSPS) is 28.5. The first-order valence-corrected chi connectivity index (χ1v) is 10.4. The van der Waals surface area contributed by atoms with Crippen LogP contribution in [0.4, 0.5) is 4.79 Å². The van der Waals surface area contributed by atoms with Crippen LogP contribution in [-0.4, -0.2) is 65.1 Å². The van der Waals surface area contributed by atoms with Crippen molar-refractivity contribution < 1.29 is 19.4 Å². The number of β-amino-alcohol motifs (C(OH)–C–C–N with tert-alkyl or cyclic N) is 1. The lowest BCUT2D eigenvalue weighted by atomic mass is 9.90. The van der Waals surface area contributed by atoms with Gasteiger partial charge in [0.2, 0.25) is 0 Å². The SMILES string of the molecule is CC1(C)OCC(CCN2CCC3(CC3)C(O)C2)N1C(=O)OCc1ccccc1. The summed E-state index contributed by atoms with van der Waals surface area (Å²) < 4.78 is 11.5. The van der Waals surface area contributed by atoms with E-state index in [1.54, 1.807) is 4.90 Å². The zero-order valence-corrected chi connectivity index (χ0v) is 17.0. The molecule has 6 nitrogen and oxygen atoms in total. The molecule has 1 aliphatic carbocycles. The van der Waals surface area contributed by atoms with Crippen LogP contribution in [0.5, 0.6) is 0 Å². The highest BCUT2D eigenvalue weighted by atomic mass is 16.6. The summed E-state index contributed by atoms with van der Waals surface area (Å²) in [6.07, 6.45) is 3.73. The molecule has 0 aromatic heterocycles. The van der Waals surface area contributed by atoms with Gasteiger partial charge in [-0.25, -0.2) is 4.79 Å². The van der Waals surface area contributed by atoms with Crippen molar-refractivity contribution in [2.45, 2.75) is 64.0 Å². The fourth-order valence-corrected chi connectivity index (χ4v) is 4.61. The van der Waals surface area contributed by atoms with Crippen LogP contribution in [0.1, 0.15) is 45.1 Å². The van der Waals surface area contributed by atoms with Crippen molar-refractivity contribution >= 4 is 6.09 Å².